The second-order valence-electron chi connectivity index (χ2n) is 5.61. The van der Waals surface area contributed by atoms with Crippen molar-refractivity contribution in [2.45, 2.75) is 19.1 Å². The van der Waals surface area contributed by atoms with Crippen LogP contribution in [-0.2, 0) is 17.7 Å². The van der Waals surface area contributed by atoms with Gasteiger partial charge in [0.25, 0.3) is 0 Å². The van der Waals surface area contributed by atoms with Crippen molar-refractivity contribution < 1.29 is 19.4 Å². The van der Waals surface area contributed by atoms with Gasteiger partial charge < -0.3 is 20.5 Å². The van der Waals surface area contributed by atoms with E-state index in [0.29, 0.717) is 19.5 Å². The van der Waals surface area contributed by atoms with Crippen LogP contribution in [0.1, 0.15) is 21.5 Å². The minimum absolute atomic E-state index is 0.108. The lowest BCUT2D eigenvalue weighted by Crippen LogP contribution is -2.40. The summed E-state index contributed by atoms with van der Waals surface area (Å²) in [4.78, 5) is 22.7. The van der Waals surface area contributed by atoms with Gasteiger partial charge in [0.15, 0.2) is 0 Å². The minimum atomic E-state index is -0.971. The number of rotatable bonds is 8. The van der Waals surface area contributed by atoms with Crippen molar-refractivity contribution in [1.29, 1.82) is 0 Å². The lowest BCUT2D eigenvalue weighted by molar-refractivity contribution is 0.0697. The normalized spacial score (nSPS) is 11.6. The van der Waals surface area contributed by atoms with E-state index in [4.69, 9.17) is 9.84 Å². The first-order valence-corrected chi connectivity index (χ1v) is 7.99. The van der Waals surface area contributed by atoms with E-state index in [1.807, 2.05) is 30.3 Å². The fourth-order valence-corrected chi connectivity index (χ4v) is 2.33. The number of hydrogen-bond donors (Lipinski definition) is 3. The number of carbonyl (C=O) groups is 2. The highest BCUT2D eigenvalue weighted by atomic mass is 16.5. The number of carboxylic acids is 1. The fraction of sp³-hybridized carbons (Fsp3) is 0.263. The molecule has 6 nitrogen and oxygen atoms in total. The molecule has 2 amide bonds. The van der Waals surface area contributed by atoms with Crippen molar-refractivity contribution in [2.24, 2.45) is 0 Å². The molecule has 0 heterocycles. The van der Waals surface area contributed by atoms with Crippen LogP contribution in [0.3, 0.4) is 0 Å². The zero-order valence-corrected chi connectivity index (χ0v) is 14.1. The number of carboxylic acid groups (broad SMARTS) is 1. The third kappa shape index (κ3) is 6.27. The number of urea groups is 1. The predicted octanol–water partition coefficient (Wildman–Crippen LogP) is 2.44. The molecule has 0 aliphatic carbocycles. The second-order valence-corrected chi connectivity index (χ2v) is 5.61. The molecule has 3 N–H and O–H groups in total. The van der Waals surface area contributed by atoms with Gasteiger partial charge in [-0.25, -0.2) is 9.59 Å². The van der Waals surface area contributed by atoms with Crippen LogP contribution in [0, 0.1) is 0 Å². The van der Waals surface area contributed by atoms with Crippen LogP contribution in [-0.4, -0.2) is 36.9 Å². The molecule has 0 saturated heterocycles. The van der Waals surface area contributed by atoms with E-state index >= 15 is 0 Å². The monoisotopic (exact) mass is 342 g/mol. The predicted molar refractivity (Wildman–Crippen MR) is 94.6 cm³/mol. The highest BCUT2D eigenvalue weighted by Gasteiger charge is 2.10. The molecular weight excluding hydrogens is 320 g/mol. The molecule has 0 radical (unpaired) electrons. The molecule has 1 atom stereocenters. The molecule has 0 aromatic heterocycles. The molecule has 0 saturated carbocycles. The summed E-state index contributed by atoms with van der Waals surface area (Å²) < 4.78 is 5.40. The van der Waals surface area contributed by atoms with E-state index in [1.54, 1.807) is 19.2 Å². The molecule has 0 aliphatic rings. The maximum Gasteiger partial charge on any atom is 0.335 e. The Balaban J connectivity index is 1.74. The molecular formula is C19H22N2O4. The standard InChI is InChI=1S/C19H22N2O4/c1-25-17(11-14-5-3-2-4-6-14)13-21-19(24)20-12-15-7-9-16(10-8-15)18(22)23/h2-10,17H,11-13H2,1H3,(H,22,23)(H2,20,21,24). The van der Waals surface area contributed by atoms with Crippen molar-refractivity contribution in [2.75, 3.05) is 13.7 Å². The van der Waals surface area contributed by atoms with Crippen LogP contribution < -0.4 is 10.6 Å². The summed E-state index contributed by atoms with van der Waals surface area (Å²) in [5.74, 6) is -0.971. The summed E-state index contributed by atoms with van der Waals surface area (Å²) in [5, 5.41) is 14.4. The first-order chi connectivity index (χ1) is 12.1. The van der Waals surface area contributed by atoms with Crippen LogP contribution in [0.5, 0.6) is 0 Å². The molecule has 1 unspecified atom stereocenters. The molecule has 132 valence electrons. The average molecular weight is 342 g/mol. The van der Waals surface area contributed by atoms with Crippen LogP contribution in [0.15, 0.2) is 54.6 Å². The highest BCUT2D eigenvalue weighted by molar-refractivity contribution is 5.87. The quantitative estimate of drug-likeness (QED) is 0.687. The van der Waals surface area contributed by atoms with Crippen molar-refractivity contribution in [3.05, 3.63) is 71.3 Å². The molecule has 0 aliphatic heterocycles. The Kier molecular flexibility index (Phi) is 6.98. The Morgan fingerprint density at radius 3 is 2.28 bits per heavy atom. The largest absolute Gasteiger partial charge is 0.478 e. The summed E-state index contributed by atoms with van der Waals surface area (Å²) >= 11 is 0. The van der Waals surface area contributed by atoms with Crippen molar-refractivity contribution in [1.82, 2.24) is 10.6 Å². The number of carbonyl (C=O) groups excluding carboxylic acids is 1. The lowest BCUT2D eigenvalue weighted by Gasteiger charge is -2.16. The smallest absolute Gasteiger partial charge is 0.335 e. The number of ether oxygens (including phenoxy) is 1. The van der Waals surface area contributed by atoms with Gasteiger partial charge in [0.05, 0.1) is 11.7 Å². The molecule has 6 heteroatoms. The number of aromatic carboxylic acids is 1. The number of methoxy groups -OCH3 is 1. The minimum Gasteiger partial charge on any atom is -0.478 e. The third-order valence-electron chi connectivity index (χ3n) is 3.78. The summed E-state index contributed by atoms with van der Waals surface area (Å²) in [7, 11) is 1.62. The van der Waals surface area contributed by atoms with Gasteiger partial charge in [-0.2, -0.15) is 0 Å². The van der Waals surface area contributed by atoms with E-state index in [2.05, 4.69) is 10.6 Å². The summed E-state index contributed by atoms with van der Waals surface area (Å²) in [6, 6.07) is 16.0. The first kappa shape index (κ1) is 18.5. The zero-order chi connectivity index (χ0) is 18.1. The fourth-order valence-electron chi connectivity index (χ4n) is 2.33. The molecule has 25 heavy (non-hydrogen) atoms. The molecule has 0 spiro atoms. The van der Waals surface area contributed by atoms with Crippen molar-refractivity contribution in [3.8, 4) is 0 Å². The van der Waals surface area contributed by atoms with E-state index < -0.39 is 5.97 Å². The van der Waals surface area contributed by atoms with Gasteiger partial charge >= 0.3 is 12.0 Å². The summed E-state index contributed by atoms with van der Waals surface area (Å²) in [6.07, 6.45) is 0.608. The SMILES string of the molecule is COC(CNC(=O)NCc1ccc(C(=O)O)cc1)Cc1ccccc1. The first-order valence-electron chi connectivity index (χ1n) is 7.99. The van der Waals surface area contributed by atoms with E-state index in [9.17, 15) is 9.59 Å². The molecule has 2 aromatic rings. The van der Waals surface area contributed by atoms with Gasteiger partial charge in [-0.1, -0.05) is 42.5 Å². The van der Waals surface area contributed by atoms with Gasteiger partial charge in [-0.15, -0.1) is 0 Å². The van der Waals surface area contributed by atoms with Gasteiger partial charge in [0, 0.05) is 26.6 Å². The molecule has 2 rings (SSSR count). The van der Waals surface area contributed by atoms with Crippen LogP contribution in [0.25, 0.3) is 0 Å². The topological polar surface area (TPSA) is 87.7 Å². The third-order valence-corrected chi connectivity index (χ3v) is 3.78. The Morgan fingerprint density at radius 1 is 1.00 bits per heavy atom. The number of benzene rings is 2. The van der Waals surface area contributed by atoms with Crippen LogP contribution >= 0.6 is 0 Å². The number of nitrogens with one attached hydrogen (secondary N) is 2. The Hall–Kier alpha value is -2.86. The van der Waals surface area contributed by atoms with Gasteiger partial charge in [0.2, 0.25) is 0 Å². The van der Waals surface area contributed by atoms with E-state index in [-0.39, 0.29) is 17.7 Å². The van der Waals surface area contributed by atoms with Crippen molar-refractivity contribution in [3.63, 3.8) is 0 Å². The Labute approximate surface area is 146 Å². The number of hydrogen-bond acceptors (Lipinski definition) is 3. The second kappa shape index (κ2) is 9.44. The Bertz CT molecular complexity index is 686. The van der Waals surface area contributed by atoms with Gasteiger partial charge in [-0.3, -0.25) is 0 Å². The summed E-state index contributed by atoms with van der Waals surface area (Å²) in [5.41, 5.74) is 2.19. The van der Waals surface area contributed by atoms with E-state index in [0.717, 1.165) is 11.1 Å². The Morgan fingerprint density at radius 2 is 1.68 bits per heavy atom. The molecule has 2 aromatic carbocycles. The highest BCUT2D eigenvalue weighted by Crippen LogP contribution is 2.05. The van der Waals surface area contributed by atoms with Gasteiger partial charge in [0.1, 0.15) is 0 Å². The summed E-state index contributed by atoms with van der Waals surface area (Å²) in [6.45, 7) is 0.719. The average Bonchev–Trinajstić information content (AvgIpc) is 2.64. The zero-order valence-electron chi connectivity index (χ0n) is 14.1. The number of amides is 2. The van der Waals surface area contributed by atoms with Crippen LogP contribution in [0.2, 0.25) is 0 Å². The molecule has 0 fully saturated rings. The van der Waals surface area contributed by atoms with E-state index in [1.165, 1.54) is 12.1 Å². The maximum absolute atomic E-state index is 11.9. The lowest BCUT2D eigenvalue weighted by atomic mass is 10.1. The maximum atomic E-state index is 11.9. The van der Waals surface area contributed by atoms with Crippen molar-refractivity contribution >= 4 is 12.0 Å². The van der Waals surface area contributed by atoms with Gasteiger partial charge in [-0.05, 0) is 23.3 Å². The van der Waals surface area contributed by atoms with Crippen LogP contribution in [0.4, 0.5) is 4.79 Å². The molecule has 0 bridgehead atoms.